The van der Waals surface area contributed by atoms with Crippen molar-refractivity contribution in [1.82, 2.24) is 9.97 Å². The third kappa shape index (κ3) is 2.39. The molecule has 2 atom stereocenters. The number of halogens is 1. The van der Waals surface area contributed by atoms with Crippen molar-refractivity contribution in [2.24, 2.45) is 0 Å². The van der Waals surface area contributed by atoms with E-state index in [0.29, 0.717) is 11.4 Å². The number of hydrogen-bond donors (Lipinski definition) is 2. The number of rotatable bonds is 1. The molecule has 0 fully saturated rings. The Kier molecular flexibility index (Phi) is 3.16. The van der Waals surface area contributed by atoms with E-state index < -0.39 is 23.7 Å². The van der Waals surface area contributed by atoms with E-state index in [2.05, 4.69) is 15.3 Å². The van der Waals surface area contributed by atoms with E-state index in [1.807, 2.05) is 0 Å². The largest absolute Gasteiger partial charge is 0.458 e. The topological polar surface area (TPSA) is 84.3 Å². The zero-order chi connectivity index (χ0) is 13.5. The normalized spacial score (nSPS) is 22.3. The van der Waals surface area contributed by atoms with Gasteiger partial charge in [-0.15, -0.1) is 0 Å². The minimum Gasteiger partial charge on any atom is -0.458 e. The van der Waals surface area contributed by atoms with E-state index in [1.165, 1.54) is 6.33 Å². The van der Waals surface area contributed by atoms with Gasteiger partial charge in [0.25, 0.3) is 0 Å². The Labute approximate surface area is 109 Å². The maximum absolute atomic E-state index is 11.9. The maximum atomic E-state index is 11.9. The predicted molar refractivity (Wildman–Crippen MR) is 65.3 cm³/mol. The summed E-state index contributed by atoms with van der Waals surface area (Å²) in [5.41, 5.74) is -0.294. The molecule has 0 saturated carbocycles. The molecule has 0 unspecified atom stereocenters. The molecular weight excluding hydrogens is 258 g/mol. The van der Waals surface area contributed by atoms with Gasteiger partial charge in [0.15, 0.2) is 6.04 Å². The Morgan fingerprint density at radius 2 is 2.17 bits per heavy atom. The molecule has 0 aliphatic carbocycles. The van der Waals surface area contributed by atoms with Crippen LogP contribution in [0.2, 0.25) is 5.15 Å². The van der Waals surface area contributed by atoms with E-state index in [0.717, 1.165) is 0 Å². The number of nitrogens with one attached hydrogen (secondary N) is 1. The zero-order valence-electron chi connectivity index (χ0n) is 10.3. The fraction of sp³-hybridized carbons (Fsp3) is 0.545. The van der Waals surface area contributed by atoms with E-state index in [4.69, 9.17) is 16.3 Å². The number of ether oxygens (including phenoxy) is 1. The number of hydrogen-bond acceptors (Lipinski definition) is 6. The molecular formula is C11H14ClN3O3. The summed E-state index contributed by atoms with van der Waals surface area (Å²) in [4.78, 5) is 19.6. The minimum atomic E-state index is -1.11. The molecule has 0 aromatic carbocycles. The molecule has 2 heterocycles. The van der Waals surface area contributed by atoms with Gasteiger partial charge in [-0.1, -0.05) is 11.6 Å². The van der Waals surface area contributed by atoms with Crippen LogP contribution in [-0.2, 0) is 9.53 Å². The van der Waals surface area contributed by atoms with Gasteiger partial charge in [-0.3, -0.25) is 0 Å². The Balaban J connectivity index is 2.22. The summed E-state index contributed by atoms with van der Waals surface area (Å²) < 4.78 is 5.21. The molecule has 1 aliphatic rings. The van der Waals surface area contributed by atoms with Gasteiger partial charge in [0.05, 0.1) is 5.56 Å². The molecule has 98 valence electrons. The molecule has 0 spiro atoms. The molecule has 2 rings (SSSR count). The summed E-state index contributed by atoms with van der Waals surface area (Å²) in [7, 11) is 0. The standard InChI is InChI=1S/C11H14ClN3O3/c1-11(2,3)18-10(17)6-7(16)5-8(12)13-4-14-9(5)15-6/h4,6-7,16H,1-3H3,(H,13,14,15)/t6-,7-/m1/s1. The molecule has 0 amide bonds. The van der Waals surface area contributed by atoms with E-state index in [-0.39, 0.29) is 5.15 Å². The van der Waals surface area contributed by atoms with Gasteiger partial charge in [0, 0.05) is 0 Å². The van der Waals surface area contributed by atoms with Crippen molar-refractivity contribution < 1.29 is 14.6 Å². The van der Waals surface area contributed by atoms with E-state index >= 15 is 0 Å². The van der Waals surface area contributed by atoms with Crippen LogP contribution in [0.5, 0.6) is 0 Å². The monoisotopic (exact) mass is 271 g/mol. The molecule has 0 saturated heterocycles. The van der Waals surface area contributed by atoms with Gasteiger partial charge < -0.3 is 15.2 Å². The quantitative estimate of drug-likeness (QED) is 0.592. The Hall–Kier alpha value is -1.40. The highest BCUT2D eigenvalue weighted by molar-refractivity contribution is 6.30. The lowest BCUT2D eigenvalue weighted by molar-refractivity contribution is -0.158. The van der Waals surface area contributed by atoms with Crippen molar-refractivity contribution in [2.75, 3.05) is 5.32 Å². The van der Waals surface area contributed by atoms with Gasteiger partial charge in [-0.2, -0.15) is 0 Å². The number of aromatic nitrogens is 2. The molecule has 0 bridgehead atoms. The summed E-state index contributed by atoms with van der Waals surface area (Å²) in [6.07, 6.45) is 0.154. The number of carbonyl (C=O) groups is 1. The third-order valence-electron chi connectivity index (χ3n) is 2.40. The van der Waals surface area contributed by atoms with Crippen LogP contribution in [0.3, 0.4) is 0 Å². The van der Waals surface area contributed by atoms with Gasteiger partial charge in [-0.25, -0.2) is 14.8 Å². The highest BCUT2D eigenvalue weighted by atomic mass is 35.5. The second kappa shape index (κ2) is 4.37. The first kappa shape index (κ1) is 13.0. The summed E-state index contributed by atoms with van der Waals surface area (Å²) in [6, 6.07) is -0.909. The van der Waals surface area contributed by atoms with E-state index in [1.54, 1.807) is 20.8 Å². The average Bonchev–Trinajstić information content (AvgIpc) is 2.55. The van der Waals surface area contributed by atoms with Crippen molar-refractivity contribution in [1.29, 1.82) is 0 Å². The molecule has 7 heteroatoms. The Bertz CT molecular complexity index is 487. The summed E-state index contributed by atoms with van der Waals surface area (Å²) in [5, 5.41) is 13.0. The number of aliphatic hydroxyl groups is 1. The van der Waals surface area contributed by atoms with Gasteiger partial charge in [0.2, 0.25) is 0 Å². The number of carbonyl (C=O) groups excluding carboxylic acids is 1. The van der Waals surface area contributed by atoms with Crippen molar-refractivity contribution >= 4 is 23.4 Å². The van der Waals surface area contributed by atoms with Gasteiger partial charge in [-0.05, 0) is 20.8 Å². The lowest BCUT2D eigenvalue weighted by Crippen LogP contribution is -2.37. The number of anilines is 1. The maximum Gasteiger partial charge on any atom is 0.332 e. The molecule has 1 aromatic rings. The third-order valence-corrected chi connectivity index (χ3v) is 2.70. The fourth-order valence-electron chi connectivity index (χ4n) is 1.70. The molecule has 18 heavy (non-hydrogen) atoms. The lowest BCUT2D eigenvalue weighted by atomic mass is 10.1. The van der Waals surface area contributed by atoms with Crippen LogP contribution in [0.1, 0.15) is 32.4 Å². The van der Waals surface area contributed by atoms with Crippen LogP contribution in [0.15, 0.2) is 6.33 Å². The first-order valence-corrected chi connectivity index (χ1v) is 5.85. The van der Waals surface area contributed by atoms with Crippen LogP contribution in [0, 0.1) is 0 Å². The molecule has 1 aromatic heterocycles. The first-order chi connectivity index (χ1) is 8.29. The first-order valence-electron chi connectivity index (χ1n) is 5.47. The van der Waals surface area contributed by atoms with Crippen LogP contribution in [0.4, 0.5) is 5.82 Å². The van der Waals surface area contributed by atoms with Crippen molar-refractivity contribution in [3.63, 3.8) is 0 Å². The number of esters is 1. The zero-order valence-corrected chi connectivity index (χ0v) is 11.0. The second-order valence-corrected chi connectivity index (χ2v) is 5.39. The van der Waals surface area contributed by atoms with Gasteiger partial charge >= 0.3 is 5.97 Å². The van der Waals surface area contributed by atoms with Crippen LogP contribution in [-0.4, -0.2) is 32.7 Å². The number of nitrogens with zero attached hydrogens (tertiary/aromatic N) is 2. The predicted octanol–water partition coefficient (Wildman–Crippen LogP) is 1.30. The van der Waals surface area contributed by atoms with Crippen LogP contribution < -0.4 is 5.32 Å². The molecule has 0 radical (unpaired) electrons. The smallest absolute Gasteiger partial charge is 0.332 e. The van der Waals surface area contributed by atoms with Gasteiger partial charge in [0.1, 0.15) is 29.0 Å². The Morgan fingerprint density at radius 3 is 2.72 bits per heavy atom. The Morgan fingerprint density at radius 1 is 1.50 bits per heavy atom. The van der Waals surface area contributed by atoms with Crippen molar-refractivity contribution in [2.45, 2.75) is 38.5 Å². The molecule has 2 N–H and O–H groups in total. The number of aliphatic hydroxyl groups excluding tert-OH is 1. The molecule has 6 nitrogen and oxygen atoms in total. The average molecular weight is 272 g/mol. The summed E-state index contributed by atoms with van der Waals surface area (Å²) in [5.74, 6) is -0.192. The van der Waals surface area contributed by atoms with Crippen molar-refractivity contribution in [3.8, 4) is 0 Å². The summed E-state index contributed by atoms with van der Waals surface area (Å²) in [6.45, 7) is 5.27. The molecule has 1 aliphatic heterocycles. The fourth-order valence-corrected chi connectivity index (χ4v) is 1.94. The second-order valence-electron chi connectivity index (χ2n) is 5.03. The van der Waals surface area contributed by atoms with E-state index in [9.17, 15) is 9.90 Å². The SMILES string of the molecule is CC(C)(C)OC(=O)[C@@H]1Nc2ncnc(Cl)c2[C@H]1O. The van der Waals surface area contributed by atoms with Crippen LogP contribution in [0.25, 0.3) is 0 Å². The minimum absolute atomic E-state index is 0.131. The van der Waals surface area contributed by atoms with Crippen molar-refractivity contribution in [3.05, 3.63) is 17.0 Å². The number of fused-ring (bicyclic) bond motifs is 1. The highest BCUT2D eigenvalue weighted by Crippen LogP contribution is 2.37. The summed E-state index contributed by atoms with van der Waals surface area (Å²) >= 11 is 5.86. The highest BCUT2D eigenvalue weighted by Gasteiger charge is 2.41. The van der Waals surface area contributed by atoms with Crippen LogP contribution >= 0.6 is 11.6 Å². The lowest BCUT2D eigenvalue weighted by Gasteiger charge is -2.23.